The average Bonchev–Trinajstić information content (AvgIpc) is 2.49. The van der Waals surface area contributed by atoms with E-state index in [2.05, 4.69) is 31.1 Å². The van der Waals surface area contributed by atoms with Crippen LogP contribution in [0.1, 0.15) is 18.7 Å². The molecule has 0 aliphatic carbocycles. The first-order valence-corrected chi connectivity index (χ1v) is 4.65. The summed E-state index contributed by atoms with van der Waals surface area (Å²) in [7, 11) is 0. The molecule has 0 aromatic carbocycles. The van der Waals surface area contributed by atoms with Crippen molar-refractivity contribution in [1.29, 1.82) is 0 Å². The minimum Gasteiger partial charge on any atom is -0.387 e. The van der Waals surface area contributed by atoms with Crippen LogP contribution in [0.5, 0.6) is 0 Å². The third-order valence-electron chi connectivity index (χ3n) is 1.82. The number of hydrogen-bond acceptors (Lipinski definition) is 3. The van der Waals surface area contributed by atoms with Crippen molar-refractivity contribution in [2.24, 2.45) is 0 Å². The molecule has 2 N–H and O–H groups in total. The highest BCUT2D eigenvalue weighted by molar-refractivity contribution is 9.10. The van der Waals surface area contributed by atoms with E-state index in [4.69, 9.17) is 0 Å². The molecule has 0 aliphatic rings. The largest absolute Gasteiger partial charge is 0.387 e. The molecule has 1 atom stereocenters. The molecule has 2 rings (SSSR count). The summed E-state index contributed by atoms with van der Waals surface area (Å²) < 4.78 is 0.706. The molecule has 0 saturated heterocycles. The van der Waals surface area contributed by atoms with E-state index in [1.165, 1.54) is 0 Å². The Balaban J connectivity index is 2.77. The standard InChI is InChI=1S/C8H8BrN3O/c1-4(13)7-8-5(3-10-12-8)2-6(9)11-7/h2-4,13H,1H3,(H,10,12)/t4-/m1/s1. The first kappa shape index (κ1) is 8.65. The highest BCUT2D eigenvalue weighted by Gasteiger charge is 2.10. The summed E-state index contributed by atoms with van der Waals surface area (Å²) in [6, 6.07) is 1.85. The van der Waals surface area contributed by atoms with Crippen LogP contribution in [0.25, 0.3) is 10.9 Å². The van der Waals surface area contributed by atoms with Crippen LogP contribution in [0.4, 0.5) is 0 Å². The summed E-state index contributed by atoms with van der Waals surface area (Å²) in [4.78, 5) is 4.17. The first-order valence-electron chi connectivity index (χ1n) is 3.86. The van der Waals surface area contributed by atoms with Crippen molar-refractivity contribution in [3.8, 4) is 0 Å². The van der Waals surface area contributed by atoms with Gasteiger partial charge in [-0.3, -0.25) is 5.10 Å². The fourth-order valence-electron chi connectivity index (χ4n) is 1.24. The molecule has 13 heavy (non-hydrogen) atoms. The van der Waals surface area contributed by atoms with E-state index in [1.54, 1.807) is 13.1 Å². The van der Waals surface area contributed by atoms with E-state index in [0.717, 1.165) is 10.9 Å². The van der Waals surface area contributed by atoms with Gasteiger partial charge in [0.2, 0.25) is 0 Å². The summed E-state index contributed by atoms with van der Waals surface area (Å²) in [5.74, 6) is 0. The molecule has 2 heterocycles. The molecule has 5 heteroatoms. The van der Waals surface area contributed by atoms with Crippen LogP contribution in [0.15, 0.2) is 16.9 Å². The van der Waals surface area contributed by atoms with Gasteiger partial charge in [0.05, 0.1) is 23.5 Å². The molecule has 0 aliphatic heterocycles. The predicted octanol–water partition coefficient (Wildman–Crippen LogP) is 1.77. The molecule has 0 spiro atoms. The lowest BCUT2D eigenvalue weighted by atomic mass is 10.2. The number of fused-ring (bicyclic) bond motifs is 1. The third kappa shape index (κ3) is 1.45. The van der Waals surface area contributed by atoms with Gasteiger partial charge in [-0.15, -0.1) is 0 Å². The maximum absolute atomic E-state index is 9.43. The maximum atomic E-state index is 9.43. The van der Waals surface area contributed by atoms with Crippen LogP contribution < -0.4 is 0 Å². The van der Waals surface area contributed by atoms with Crippen molar-refractivity contribution in [2.45, 2.75) is 13.0 Å². The smallest absolute Gasteiger partial charge is 0.107 e. The van der Waals surface area contributed by atoms with Crippen molar-refractivity contribution < 1.29 is 5.11 Å². The lowest BCUT2D eigenvalue weighted by molar-refractivity contribution is 0.195. The summed E-state index contributed by atoms with van der Waals surface area (Å²) >= 11 is 3.27. The number of aliphatic hydroxyl groups is 1. The number of aromatic amines is 1. The highest BCUT2D eigenvalue weighted by atomic mass is 79.9. The first-order chi connectivity index (χ1) is 6.18. The Morgan fingerprint density at radius 2 is 2.38 bits per heavy atom. The quantitative estimate of drug-likeness (QED) is 0.749. The van der Waals surface area contributed by atoms with Gasteiger partial charge in [0.1, 0.15) is 4.60 Å². The number of nitrogens with zero attached hydrogens (tertiary/aromatic N) is 2. The molecule has 68 valence electrons. The minimum atomic E-state index is -0.597. The maximum Gasteiger partial charge on any atom is 0.107 e. The number of H-pyrrole nitrogens is 1. The van der Waals surface area contributed by atoms with Gasteiger partial charge in [0.15, 0.2) is 0 Å². The van der Waals surface area contributed by atoms with Gasteiger partial charge in [-0.05, 0) is 28.9 Å². The fourth-order valence-corrected chi connectivity index (χ4v) is 1.68. The van der Waals surface area contributed by atoms with Crippen LogP contribution in [0.3, 0.4) is 0 Å². The van der Waals surface area contributed by atoms with Crippen molar-refractivity contribution in [3.63, 3.8) is 0 Å². The molecular formula is C8H8BrN3O. The van der Waals surface area contributed by atoms with E-state index >= 15 is 0 Å². The minimum absolute atomic E-state index is 0.597. The van der Waals surface area contributed by atoms with Gasteiger partial charge in [0.25, 0.3) is 0 Å². The van der Waals surface area contributed by atoms with Crippen molar-refractivity contribution in [2.75, 3.05) is 0 Å². The molecule has 2 aromatic heterocycles. The average molecular weight is 242 g/mol. The van der Waals surface area contributed by atoms with E-state index in [-0.39, 0.29) is 0 Å². The molecule has 0 saturated carbocycles. The predicted molar refractivity (Wildman–Crippen MR) is 52.2 cm³/mol. The fraction of sp³-hybridized carbons (Fsp3) is 0.250. The van der Waals surface area contributed by atoms with Gasteiger partial charge in [-0.25, -0.2) is 4.98 Å². The molecule has 2 aromatic rings. The lowest BCUT2D eigenvalue weighted by Gasteiger charge is -2.04. The number of hydrogen-bond donors (Lipinski definition) is 2. The second-order valence-electron chi connectivity index (χ2n) is 2.84. The number of aliphatic hydroxyl groups excluding tert-OH is 1. The molecule has 0 amide bonds. The van der Waals surface area contributed by atoms with E-state index in [9.17, 15) is 5.11 Å². The summed E-state index contributed by atoms with van der Waals surface area (Å²) in [6.45, 7) is 1.68. The second-order valence-corrected chi connectivity index (χ2v) is 3.65. The van der Waals surface area contributed by atoms with Crippen LogP contribution >= 0.6 is 15.9 Å². The molecular weight excluding hydrogens is 234 g/mol. The van der Waals surface area contributed by atoms with Crippen molar-refractivity contribution in [3.05, 3.63) is 22.6 Å². The van der Waals surface area contributed by atoms with Crippen LogP contribution in [-0.2, 0) is 0 Å². The Kier molecular flexibility index (Phi) is 2.05. The Hall–Kier alpha value is -0.940. The van der Waals surface area contributed by atoms with Gasteiger partial charge in [-0.2, -0.15) is 5.10 Å². The molecule has 0 fully saturated rings. The van der Waals surface area contributed by atoms with E-state index < -0.39 is 6.10 Å². The van der Waals surface area contributed by atoms with E-state index in [1.807, 2.05) is 6.07 Å². The lowest BCUT2D eigenvalue weighted by Crippen LogP contribution is -1.97. The normalized spacial score (nSPS) is 13.5. The van der Waals surface area contributed by atoms with Gasteiger partial charge in [0, 0.05) is 5.39 Å². The molecule has 4 nitrogen and oxygen atoms in total. The molecule has 0 unspecified atom stereocenters. The van der Waals surface area contributed by atoms with Crippen LogP contribution in [0, 0.1) is 0 Å². The van der Waals surface area contributed by atoms with Gasteiger partial charge < -0.3 is 5.11 Å². The number of halogens is 1. The number of rotatable bonds is 1. The van der Waals surface area contributed by atoms with Crippen molar-refractivity contribution >= 4 is 26.8 Å². The monoisotopic (exact) mass is 241 g/mol. The molecule has 0 bridgehead atoms. The third-order valence-corrected chi connectivity index (χ3v) is 2.23. The number of nitrogens with one attached hydrogen (secondary N) is 1. The van der Waals surface area contributed by atoms with Crippen LogP contribution in [-0.4, -0.2) is 20.3 Å². The number of pyridine rings is 1. The zero-order chi connectivity index (χ0) is 9.42. The Bertz CT molecular complexity index is 438. The SMILES string of the molecule is C[C@@H](O)c1nc(Br)cc2cn[nH]c12. The number of aromatic nitrogens is 3. The zero-order valence-electron chi connectivity index (χ0n) is 6.95. The highest BCUT2D eigenvalue weighted by Crippen LogP contribution is 2.23. The Labute approximate surface area is 83.1 Å². The molecule has 0 radical (unpaired) electrons. The van der Waals surface area contributed by atoms with E-state index in [0.29, 0.717) is 10.3 Å². The topological polar surface area (TPSA) is 61.8 Å². The summed E-state index contributed by atoms with van der Waals surface area (Å²) in [6.07, 6.45) is 1.11. The summed E-state index contributed by atoms with van der Waals surface area (Å²) in [5.41, 5.74) is 1.40. The van der Waals surface area contributed by atoms with Gasteiger partial charge in [-0.1, -0.05) is 0 Å². The van der Waals surface area contributed by atoms with Crippen LogP contribution in [0.2, 0.25) is 0 Å². The Morgan fingerprint density at radius 3 is 3.08 bits per heavy atom. The zero-order valence-corrected chi connectivity index (χ0v) is 8.54. The summed E-state index contributed by atoms with van der Waals surface area (Å²) in [5, 5.41) is 17.1. The second kappa shape index (κ2) is 3.08. The van der Waals surface area contributed by atoms with Crippen molar-refractivity contribution in [1.82, 2.24) is 15.2 Å². The Morgan fingerprint density at radius 1 is 1.62 bits per heavy atom. The van der Waals surface area contributed by atoms with Gasteiger partial charge >= 0.3 is 0 Å².